The molecule has 180 valence electrons. The van der Waals surface area contributed by atoms with Crippen LogP contribution in [0.4, 0.5) is 0 Å². The molecule has 7 heteroatoms. The van der Waals surface area contributed by atoms with E-state index >= 15 is 0 Å². The Bertz CT molecular complexity index is 1200. The standard InChI is InChI=1S/C28H27ClN2O4/c1-2-35-23-13-9-20(10-14-23)28(34)31-17-15-22(16-18-31)30-27(33)25-6-4-3-5-24(25)26(32)19-7-11-21(29)12-8-19/h3-14,22H,2,15-18H2,1H3,(H,30,33). The Morgan fingerprint density at radius 1 is 0.886 bits per heavy atom. The molecule has 0 radical (unpaired) electrons. The van der Waals surface area contributed by atoms with E-state index in [2.05, 4.69) is 5.32 Å². The molecule has 0 aromatic heterocycles. The van der Waals surface area contributed by atoms with Gasteiger partial charge in [-0.1, -0.05) is 29.8 Å². The second-order valence-corrected chi connectivity index (χ2v) is 8.82. The highest BCUT2D eigenvalue weighted by Gasteiger charge is 2.26. The molecule has 6 nitrogen and oxygen atoms in total. The zero-order valence-corrected chi connectivity index (χ0v) is 20.3. The summed E-state index contributed by atoms with van der Waals surface area (Å²) in [4.78, 5) is 40.7. The van der Waals surface area contributed by atoms with Crippen LogP contribution in [0.15, 0.2) is 72.8 Å². The van der Waals surface area contributed by atoms with Crippen LogP contribution in [0.1, 0.15) is 56.4 Å². The summed E-state index contributed by atoms with van der Waals surface area (Å²) >= 11 is 5.93. The fourth-order valence-electron chi connectivity index (χ4n) is 4.17. The summed E-state index contributed by atoms with van der Waals surface area (Å²) in [6.45, 7) is 3.58. The van der Waals surface area contributed by atoms with Crippen LogP contribution >= 0.6 is 11.6 Å². The highest BCUT2D eigenvalue weighted by molar-refractivity contribution is 6.30. The van der Waals surface area contributed by atoms with Crippen molar-refractivity contribution < 1.29 is 19.1 Å². The molecule has 0 spiro atoms. The highest BCUT2D eigenvalue weighted by atomic mass is 35.5. The van der Waals surface area contributed by atoms with Gasteiger partial charge >= 0.3 is 0 Å². The van der Waals surface area contributed by atoms with E-state index in [4.69, 9.17) is 16.3 Å². The zero-order chi connectivity index (χ0) is 24.8. The average molecular weight is 491 g/mol. The van der Waals surface area contributed by atoms with Gasteiger partial charge in [-0.25, -0.2) is 0 Å². The van der Waals surface area contributed by atoms with E-state index in [1.54, 1.807) is 77.7 Å². The van der Waals surface area contributed by atoms with E-state index in [1.807, 2.05) is 6.92 Å². The molecule has 1 saturated heterocycles. The maximum atomic E-state index is 13.1. The van der Waals surface area contributed by atoms with Gasteiger partial charge in [0.25, 0.3) is 11.8 Å². The van der Waals surface area contributed by atoms with Gasteiger partial charge in [0.15, 0.2) is 5.78 Å². The largest absolute Gasteiger partial charge is 0.494 e. The smallest absolute Gasteiger partial charge is 0.253 e. The van der Waals surface area contributed by atoms with Crippen LogP contribution in [-0.4, -0.2) is 48.2 Å². The van der Waals surface area contributed by atoms with Crippen LogP contribution in [0, 0.1) is 0 Å². The summed E-state index contributed by atoms with van der Waals surface area (Å²) < 4.78 is 5.43. The minimum absolute atomic E-state index is 0.0308. The molecule has 0 unspecified atom stereocenters. The number of carbonyl (C=O) groups is 3. The first-order valence-corrected chi connectivity index (χ1v) is 12.1. The molecule has 0 aliphatic carbocycles. The number of hydrogen-bond acceptors (Lipinski definition) is 4. The van der Waals surface area contributed by atoms with Gasteiger partial charge in [0.1, 0.15) is 5.75 Å². The fraction of sp³-hybridized carbons (Fsp3) is 0.250. The SMILES string of the molecule is CCOc1ccc(C(=O)N2CCC(NC(=O)c3ccccc3C(=O)c3ccc(Cl)cc3)CC2)cc1. The van der Waals surface area contributed by atoms with E-state index in [1.165, 1.54) is 0 Å². The first-order valence-electron chi connectivity index (χ1n) is 11.7. The average Bonchev–Trinajstić information content (AvgIpc) is 2.89. The van der Waals surface area contributed by atoms with Gasteiger partial charge in [-0.3, -0.25) is 14.4 Å². The normalized spacial score (nSPS) is 13.8. The van der Waals surface area contributed by atoms with Crippen LogP contribution < -0.4 is 10.1 Å². The lowest BCUT2D eigenvalue weighted by atomic mass is 9.97. The van der Waals surface area contributed by atoms with Crippen LogP contribution in [0.2, 0.25) is 5.02 Å². The Morgan fingerprint density at radius 3 is 2.11 bits per heavy atom. The third-order valence-corrected chi connectivity index (χ3v) is 6.30. The van der Waals surface area contributed by atoms with Crippen molar-refractivity contribution in [3.8, 4) is 5.75 Å². The first kappa shape index (κ1) is 24.5. The van der Waals surface area contributed by atoms with Crippen molar-refractivity contribution in [3.05, 3.63) is 100 Å². The number of ketones is 1. The van der Waals surface area contributed by atoms with Crippen molar-refractivity contribution in [2.75, 3.05) is 19.7 Å². The summed E-state index contributed by atoms with van der Waals surface area (Å²) in [6.07, 6.45) is 1.28. The second kappa shape index (κ2) is 11.2. The number of nitrogens with one attached hydrogen (secondary N) is 1. The van der Waals surface area contributed by atoms with E-state index in [0.717, 1.165) is 5.75 Å². The van der Waals surface area contributed by atoms with Crippen LogP contribution in [-0.2, 0) is 0 Å². The van der Waals surface area contributed by atoms with Gasteiger partial charge in [-0.2, -0.15) is 0 Å². The van der Waals surface area contributed by atoms with E-state index in [-0.39, 0.29) is 23.6 Å². The highest BCUT2D eigenvalue weighted by Crippen LogP contribution is 2.20. The molecule has 1 aliphatic rings. The summed E-state index contributed by atoms with van der Waals surface area (Å²) in [6, 6.07) is 20.5. The number of likely N-dealkylation sites (tertiary alicyclic amines) is 1. The summed E-state index contributed by atoms with van der Waals surface area (Å²) in [5.41, 5.74) is 1.76. The third kappa shape index (κ3) is 5.89. The Kier molecular flexibility index (Phi) is 7.83. The zero-order valence-electron chi connectivity index (χ0n) is 19.5. The van der Waals surface area contributed by atoms with Gasteiger partial charge in [0, 0.05) is 40.8 Å². The lowest BCUT2D eigenvalue weighted by molar-refractivity contribution is 0.0697. The number of carbonyl (C=O) groups excluding carboxylic acids is 3. The number of ether oxygens (including phenoxy) is 1. The van der Waals surface area contributed by atoms with Gasteiger partial charge in [-0.05, 0) is 74.4 Å². The predicted molar refractivity (Wildman–Crippen MR) is 135 cm³/mol. The molecule has 3 aromatic rings. The number of halogens is 1. The molecule has 2 amide bonds. The van der Waals surface area contributed by atoms with Gasteiger partial charge < -0.3 is 15.0 Å². The molecular formula is C28H27ClN2O4. The van der Waals surface area contributed by atoms with Gasteiger partial charge in [0.05, 0.1) is 12.2 Å². The molecule has 0 saturated carbocycles. The molecule has 1 N–H and O–H groups in total. The molecule has 1 aliphatic heterocycles. The molecule has 0 atom stereocenters. The van der Waals surface area contributed by atoms with Crippen LogP contribution in [0.3, 0.4) is 0 Å². The van der Waals surface area contributed by atoms with Crippen molar-refractivity contribution >= 4 is 29.2 Å². The van der Waals surface area contributed by atoms with Crippen LogP contribution in [0.5, 0.6) is 5.75 Å². The fourth-order valence-corrected chi connectivity index (χ4v) is 4.29. The Hall–Kier alpha value is -3.64. The number of rotatable bonds is 7. The van der Waals surface area contributed by atoms with Crippen molar-refractivity contribution in [2.24, 2.45) is 0 Å². The molecule has 1 fully saturated rings. The molecule has 4 rings (SSSR count). The van der Waals surface area contributed by atoms with Crippen molar-refractivity contribution in [3.63, 3.8) is 0 Å². The second-order valence-electron chi connectivity index (χ2n) is 8.38. The maximum absolute atomic E-state index is 13.1. The number of benzene rings is 3. The summed E-state index contributed by atoms with van der Waals surface area (Å²) in [5, 5.41) is 3.59. The van der Waals surface area contributed by atoms with Crippen LogP contribution in [0.25, 0.3) is 0 Å². The van der Waals surface area contributed by atoms with Crippen molar-refractivity contribution in [1.82, 2.24) is 10.2 Å². The number of amides is 2. The van der Waals surface area contributed by atoms with Gasteiger partial charge in [0.2, 0.25) is 0 Å². The number of piperidine rings is 1. The maximum Gasteiger partial charge on any atom is 0.253 e. The first-order chi connectivity index (χ1) is 17.0. The Labute approximate surface area is 209 Å². The summed E-state index contributed by atoms with van der Waals surface area (Å²) in [5.74, 6) is 0.180. The van der Waals surface area contributed by atoms with Gasteiger partial charge in [-0.15, -0.1) is 0 Å². The molecular weight excluding hydrogens is 464 g/mol. The monoisotopic (exact) mass is 490 g/mol. The third-order valence-electron chi connectivity index (χ3n) is 6.05. The van der Waals surface area contributed by atoms with Crippen molar-refractivity contribution in [1.29, 1.82) is 0 Å². The minimum atomic E-state index is -0.292. The predicted octanol–water partition coefficient (Wildman–Crippen LogP) is 5.00. The Morgan fingerprint density at radius 2 is 1.49 bits per heavy atom. The number of hydrogen-bond donors (Lipinski definition) is 1. The minimum Gasteiger partial charge on any atom is -0.494 e. The molecule has 35 heavy (non-hydrogen) atoms. The molecule has 3 aromatic carbocycles. The lowest BCUT2D eigenvalue weighted by Crippen LogP contribution is -2.46. The Balaban J connectivity index is 1.37. The molecule has 1 heterocycles. The topological polar surface area (TPSA) is 75.7 Å². The summed E-state index contributed by atoms with van der Waals surface area (Å²) in [7, 11) is 0. The van der Waals surface area contributed by atoms with E-state index in [9.17, 15) is 14.4 Å². The van der Waals surface area contributed by atoms with Crippen molar-refractivity contribution in [2.45, 2.75) is 25.8 Å². The van der Waals surface area contributed by atoms with E-state index < -0.39 is 0 Å². The number of nitrogens with zero attached hydrogens (tertiary/aromatic N) is 1. The lowest BCUT2D eigenvalue weighted by Gasteiger charge is -2.32. The quantitative estimate of drug-likeness (QED) is 0.473. The van der Waals surface area contributed by atoms with E-state index in [0.29, 0.717) is 59.8 Å². The molecule has 0 bridgehead atoms.